The van der Waals surface area contributed by atoms with E-state index in [0.29, 0.717) is 0 Å². The van der Waals surface area contributed by atoms with E-state index in [2.05, 4.69) is 93.1 Å². The molecule has 0 heterocycles. The Labute approximate surface area is 180 Å². The molecule has 0 spiro atoms. The molecule has 2 heteroatoms. The Morgan fingerprint density at radius 1 is 0.885 bits per heavy atom. The second kappa shape index (κ2) is 8.76. The van der Waals surface area contributed by atoms with Crippen molar-refractivity contribution in [2.45, 2.75) is 78.9 Å². The maximum atomic E-state index is 3.92. The van der Waals surface area contributed by atoms with E-state index in [0.717, 1.165) is 0 Å². The fourth-order valence-corrected chi connectivity index (χ4v) is 9.80. The second-order valence-corrected chi connectivity index (χ2v) is 14.2. The van der Waals surface area contributed by atoms with Crippen LogP contribution < -0.4 is 5.19 Å². The van der Waals surface area contributed by atoms with E-state index in [1.165, 1.54) is 27.8 Å². The number of benzene rings is 1. The summed E-state index contributed by atoms with van der Waals surface area (Å²) in [6.45, 7) is 23.6. The molecule has 2 atom stereocenters. The molecular formula is C24H39SiTi. The molecule has 1 aromatic rings. The molecule has 1 aliphatic carbocycles. The van der Waals surface area contributed by atoms with Crippen molar-refractivity contribution in [3.63, 3.8) is 0 Å². The number of allylic oxidation sites excluding steroid dienone is 4. The van der Waals surface area contributed by atoms with Gasteiger partial charge in [0, 0.05) is 0 Å². The number of rotatable bonds is 2. The first-order valence-corrected chi connectivity index (χ1v) is 11.2. The maximum Gasteiger partial charge on any atom is 3.00 e. The molecule has 0 aliphatic heterocycles. The Morgan fingerprint density at radius 2 is 1.31 bits per heavy atom. The summed E-state index contributed by atoms with van der Waals surface area (Å²) in [6.07, 6.45) is 3.92. The van der Waals surface area contributed by atoms with Crippen LogP contribution in [0.25, 0.3) is 0 Å². The van der Waals surface area contributed by atoms with Crippen LogP contribution in [0.1, 0.15) is 59.6 Å². The molecule has 2 rings (SSSR count). The normalized spacial score (nSPS) is 21.8. The van der Waals surface area contributed by atoms with Gasteiger partial charge in [-0.05, 0) is 18.9 Å². The average molecular weight is 404 g/mol. The van der Waals surface area contributed by atoms with Gasteiger partial charge in [-0.1, -0.05) is 87.6 Å². The average Bonchev–Trinajstić information content (AvgIpc) is 2.60. The summed E-state index contributed by atoms with van der Waals surface area (Å²) in [5.41, 5.74) is 7.07. The number of hydrogen-bond acceptors (Lipinski definition) is 0. The first-order valence-electron chi connectivity index (χ1n) is 8.73. The van der Waals surface area contributed by atoms with Crippen LogP contribution in [0.2, 0.25) is 16.6 Å². The van der Waals surface area contributed by atoms with Crippen molar-refractivity contribution in [1.82, 2.24) is 0 Å². The third-order valence-corrected chi connectivity index (χ3v) is 13.6. The van der Waals surface area contributed by atoms with Crippen LogP contribution in [-0.2, 0) is 21.7 Å². The molecule has 1 aliphatic rings. The molecule has 0 N–H and O–H groups in total. The van der Waals surface area contributed by atoms with Crippen molar-refractivity contribution in [2.75, 3.05) is 0 Å². The van der Waals surface area contributed by atoms with Gasteiger partial charge < -0.3 is 14.9 Å². The Kier molecular flexibility index (Phi) is 9.38. The molecule has 0 fully saturated rings. The van der Waals surface area contributed by atoms with Crippen LogP contribution >= 0.6 is 0 Å². The van der Waals surface area contributed by atoms with Gasteiger partial charge in [0.1, 0.15) is 0 Å². The van der Waals surface area contributed by atoms with Crippen LogP contribution in [-0.4, -0.2) is 8.07 Å². The van der Waals surface area contributed by atoms with E-state index >= 15 is 0 Å². The van der Waals surface area contributed by atoms with Gasteiger partial charge in [0.25, 0.3) is 0 Å². The summed E-state index contributed by atoms with van der Waals surface area (Å²) in [5.74, 6) is 0. The van der Waals surface area contributed by atoms with Crippen LogP contribution in [0.3, 0.4) is 0 Å². The predicted molar refractivity (Wildman–Crippen MR) is 119 cm³/mol. The predicted octanol–water partition coefficient (Wildman–Crippen LogP) is 7.15. The number of hydrogen-bond donors (Lipinski definition) is 0. The molecule has 0 bridgehead atoms. The third kappa shape index (κ3) is 4.06. The van der Waals surface area contributed by atoms with E-state index < -0.39 is 8.07 Å². The summed E-state index contributed by atoms with van der Waals surface area (Å²) < 4.78 is 0. The van der Waals surface area contributed by atoms with Gasteiger partial charge in [-0.15, -0.1) is 6.92 Å². The summed E-state index contributed by atoms with van der Waals surface area (Å²) in [7, 11) is -1.92. The van der Waals surface area contributed by atoms with Crippen molar-refractivity contribution in [2.24, 2.45) is 0 Å². The molecule has 26 heavy (non-hydrogen) atoms. The standard InChI is InChI=1S/C22H33Si.2CH3.Ti/c1-15-11-16(2)13-20(12-15)23(10,21(6,7)8)22(9)14-17(3)18(4)19(22)5;;;/h11-13H,1-10H3;2*1H3;/q3*-1;+3. The van der Waals surface area contributed by atoms with Gasteiger partial charge in [-0.2, -0.15) is 11.1 Å². The van der Waals surface area contributed by atoms with Crippen LogP contribution in [0.5, 0.6) is 0 Å². The van der Waals surface area contributed by atoms with E-state index in [4.69, 9.17) is 0 Å². The fourth-order valence-electron chi connectivity index (χ4n) is 4.45. The second-order valence-electron chi connectivity index (χ2n) is 8.88. The topological polar surface area (TPSA) is 0 Å². The minimum atomic E-state index is -1.92. The van der Waals surface area contributed by atoms with Gasteiger partial charge in [0.05, 0.1) is 8.07 Å². The van der Waals surface area contributed by atoms with Crippen LogP contribution in [0.15, 0.2) is 34.9 Å². The quantitative estimate of drug-likeness (QED) is 0.363. The Balaban J connectivity index is 0. The molecule has 143 valence electrons. The third-order valence-electron chi connectivity index (χ3n) is 6.61. The van der Waals surface area contributed by atoms with Crippen LogP contribution in [0, 0.1) is 34.8 Å². The smallest absolute Gasteiger partial charge is 0.358 e. The Hall–Kier alpha value is -0.369. The van der Waals surface area contributed by atoms with Gasteiger partial charge in [-0.25, -0.2) is 5.57 Å². The molecule has 0 aromatic heterocycles. The molecule has 0 amide bonds. The maximum absolute atomic E-state index is 3.92. The minimum absolute atomic E-state index is 0. The monoisotopic (exact) mass is 403 g/mol. The van der Waals surface area contributed by atoms with Crippen molar-refractivity contribution in [3.8, 4) is 0 Å². The van der Waals surface area contributed by atoms with Crippen molar-refractivity contribution >= 4 is 13.3 Å². The zero-order valence-electron chi connectivity index (χ0n) is 19.2. The van der Waals surface area contributed by atoms with Crippen molar-refractivity contribution < 1.29 is 21.7 Å². The summed E-state index contributed by atoms with van der Waals surface area (Å²) in [4.78, 5) is 0. The first-order chi connectivity index (χ1) is 10.3. The van der Waals surface area contributed by atoms with E-state index in [1.807, 2.05) is 0 Å². The van der Waals surface area contributed by atoms with Gasteiger partial charge in [0.15, 0.2) is 0 Å². The Morgan fingerprint density at radius 3 is 1.62 bits per heavy atom. The molecule has 0 nitrogen and oxygen atoms in total. The first kappa shape index (κ1) is 27.8. The fraction of sp³-hybridized carbons (Fsp3) is 0.500. The molecule has 0 saturated heterocycles. The van der Waals surface area contributed by atoms with Gasteiger partial charge >= 0.3 is 21.7 Å². The molecule has 2 unspecified atom stereocenters. The molecule has 1 radical (unpaired) electrons. The van der Waals surface area contributed by atoms with Crippen molar-refractivity contribution in [1.29, 1.82) is 0 Å². The van der Waals surface area contributed by atoms with Gasteiger partial charge in [-0.3, -0.25) is 6.08 Å². The summed E-state index contributed by atoms with van der Waals surface area (Å²) in [6, 6.07) is 7.16. The van der Waals surface area contributed by atoms with Crippen LogP contribution in [0.4, 0.5) is 0 Å². The molecular weight excluding hydrogens is 364 g/mol. The number of aryl methyl sites for hydroxylation is 2. The SMILES string of the molecule is CC1=[C-]C(C)([Si](C)(c2cc(C)cc(C)c2)C(C)(C)C)C(C)=C1C.[CH3-].[CH3-].[Ti+3]. The minimum Gasteiger partial charge on any atom is -0.358 e. The zero-order chi connectivity index (χ0) is 17.8. The van der Waals surface area contributed by atoms with E-state index in [9.17, 15) is 0 Å². The summed E-state index contributed by atoms with van der Waals surface area (Å²) >= 11 is 0. The largest absolute Gasteiger partial charge is 3.00 e. The van der Waals surface area contributed by atoms with Gasteiger partial charge in [0.2, 0.25) is 0 Å². The van der Waals surface area contributed by atoms with E-state index in [-0.39, 0.29) is 46.6 Å². The van der Waals surface area contributed by atoms with E-state index in [1.54, 1.807) is 5.19 Å². The molecule has 1 aromatic carbocycles. The van der Waals surface area contributed by atoms with Crippen molar-refractivity contribution in [3.05, 3.63) is 67.0 Å². The Bertz CT molecular complexity index is 685. The molecule has 0 saturated carbocycles. The summed E-state index contributed by atoms with van der Waals surface area (Å²) in [5, 5.41) is 1.88. The zero-order valence-corrected chi connectivity index (χ0v) is 21.8.